The molecule has 1 fully saturated rings. The monoisotopic (exact) mass is 260 g/mol. The van der Waals surface area contributed by atoms with Crippen molar-refractivity contribution in [2.24, 2.45) is 7.05 Å². The number of likely N-dealkylation sites (N-methyl/N-ethyl adjacent to an activating group) is 1. The van der Waals surface area contributed by atoms with Crippen LogP contribution in [-0.2, 0) is 23.2 Å². The van der Waals surface area contributed by atoms with Crippen LogP contribution < -0.4 is 5.32 Å². The van der Waals surface area contributed by atoms with Gasteiger partial charge in [-0.25, -0.2) is 0 Å². The number of piperidine rings is 1. The first-order valence-electron chi connectivity index (χ1n) is 6.12. The molecule has 6 heteroatoms. The molecular formula is C13H16N4O2. The molecule has 1 N–H and O–H groups in total. The van der Waals surface area contributed by atoms with Crippen LogP contribution in [0.15, 0.2) is 12.3 Å². The lowest BCUT2D eigenvalue weighted by atomic mass is 10.0. The minimum absolute atomic E-state index is 0.130. The van der Waals surface area contributed by atoms with E-state index in [1.54, 1.807) is 17.7 Å². The van der Waals surface area contributed by atoms with Gasteiger partial charge in [0.25, 0.3) is 0 Å². The number of nitrogens with zero attached hydrogens (tertiary/aromatic N) is 3. The fourth-order valence-electron chi connectivity index (χ4n) is 2.19. The number of nitrogens with one attached hydrogen (secondary N) is 1. The van der Waals surface area contributed by atoms with Gasteiger partial charge in [-0.15, -0.1) is 0 Å². The van der Waals surface area contributed by atoms with Gasteiger partial charge in [0.2, 0.25) is 11.8 Å². The van der Waals surface area contributed by atoms with Crippen molar-refractivity contribution in [3.63, 3.8) is 0 Å². The van der Waals surface area contributed by atoms with E-state index in [0.29, 0.717) is 25.1 Å². The molecule has 19 heavy (non-hydrogen) atoms. The minimum atomic E-state index is -0.326. The number of carbonyl (C=O) groups is 2. The Morgan fingerprint density at radius 1 is 1.47 bits per heavy atom. The molecule has 0 saturated carbocycles. The summed E-state index contributed by atoms with van der Waals surface area (Å²) in [6.45, 7) is 0.508. The van der Waals surface area contributed by atoms with Crippen molar-refractivity contribution in [2.75, 3.05) is 7.05 Å². The van der Waals surface area contributed by atoms with E-state index in [0.717, 1.165) is 5.56 Å². The number of imide groups is 1. The van der Waals surface area contributed by atoms with E-state index in [4.69, 9.17) is 5.26 Å². The summed E-state index contributed by atoms with van der Waals surface area (Å²) < 4.78 is 1.75. The average molecular weight is 260 g/mol. The van der Waals surface area contributed by atoms with E-state index in [-0.39, 0.29) is 17.9 Å². The fourth-order valence-corrected chi connectivity index (χ4v) is 2.19. The topological polar surface area (TPSA) is 78.1 Å². The Morgan fingerprint density at radius 2 is 2.21 bits per heavy atom. The van der Waals surface area contributed by atoms with E-state index in [1.807, 2.05) is 6.20 Å². The van der Waals surface area contributed by atoms with Gasteiger partial charge in [0, 0.05) is 33.3 Å². The van der Waals surface area contributed by atoms with Crippen molar-refractivity contribution < 1.29 is 9.59 Å². The normalized spacial score (nSPS) is 19.6. The highest BCUT2D eigenvalue weighted by Gasteiger charge is 2.31. The van der Waals surface area contributed by atoms with Gasteiger partial charge in [-0.3, -0.25) is 14.5 Å². The summed E-state index contributed by atoms with van der Waals surface area (Å²) in [5.74, 6) is -0.317. The zero-order chi connectivity index (χ0) is 14.0. The molecule has 2 amide bonds. The van der Waals surface area contributed by atoms with Gasteiger partial charge in [0.15, 0.2) is 0 Å². The average Bonchev–Trinajstić information content (AvgIpc) is 2.75. The molecule has 1 aliphatic rings. The molecule has 2 heterocycles. The van der Waals surface area contributed by atoms with Crippen LogP contribution in [0, 0.1) is 11.3 Å². The maximum absolute atomic E-state index is 11.9. The number of nitriles is 1. The first-order chi connectivity index (χ1) is 9.02. The highest BCUT2D eigenvalue weighted by Crippen LogP contribution is 2.13. The predicted octanol–water partition coefficient (Wildman–Crippen LogP) is 0.134. The summed E-state index contributed by atoms with van der Waals surface area (Å²) in [6.07, 6.45) is 2.77. The fraction of sp³-hybridized carbons (Fsp3) is 0.462. The van der Waals surface area contributed by atoms with Crippen molar-refractivity contribution in [2.45, 2.75) is 25.4 Å². The zero-order valence-corrected chi connectivity index (χ0v) is 11.0. The summed E-state index contributed by atoms with van der Waals surface area (Å²) in [5.41, 5.74) is 1.53. The number of amides is 2. The van der Waals surface area contributed by atoms with E-state index < -0.39 is 0 Å². The molecule has 0 aliphatic carbocycles. The van der Waals surface area contributed by atoms with E-state index in [2.05, 4.69) is 11.4 Å². The second-order valence-electron chi connectivity index (χ2n) is 4.72. The lowest BCUT2D eigenvalue weighted by Crippen LogP contribution is -2.51. The van der Waals surface area contributed by atoms with Crippen LogP contribution in [0.25, 0.3) is 0 Å². The lowest BCUT2D eigenvalue weighted by Gasteiger charge is -2.28. The molecule has 2 rings (SSSR count). The molecule has 1 atom stereocenters. The van der Waals surface area contributed by atoms with Crippen LogP contribution in [0.2, 0.25) is 0 Å². The third-order valence-corrected chi connectivity index (χ3v) is 3.38. The Morgan fingerprint density at radius 3 is 2.84 bits per heavy atom. The SMILES string of the molecule is CN1C(=O)CCC(NCc2cc(C#N)n(C)c2)C1=O. The highest BCUT2D eigenvalue weighted by atomic mass is 16.2. The number of hydrogen-bond donors (Lipinski definition) is 1. The summed E-state index contributed by atoms with van der Waals surface area (Å²) >= 11 is 0. The number of rotatable bonds is 3. The maximum Gasteiger partial charge on any atom is 0.246 e. The Labute approximate surface area is 111 Å². The standard InChI is InChI=1S/C13H16N4O2/c1-16-8-9(5-10(16)6-14)7-15-11-3-4-12(18)17(2)13(11)19/h5,8,11,15H,3-4,7H2,1-2H3. The summed E-state index contributed by atoms with van der Waals surface area (Å²) in [7, 11) is 3.31. The van der Waals surface area contributed by atoms with Crippen molar-refractivity contribution in [1.29, 1.82) is 5.26 Å². The van der Waals surface area contributed by atoms with Crippen LogP contribution >= 0.6 is 0 Å². The molecule has 0 spiro atoms. The summed E-state index contributed by atoms with van der Waals surface area (Å²) in [6, 6.07) is 3.55. The van der Waals surface area contributed by atoms with Crippen molar-refractivity contribution in [3.8, 4) is 6.07 Å². The largest absolute Gasteiger partial charge is 0.342 e. The first-order valence-corrected chi connectivity index (χ1v) is 6.12. The molecule has 1 unspecified atom stereocenters. The number of carbonyl (C=O) groups excluding carboxylic acids is 2. The lowest BCUT2D eigenvalue weighted by molar-refractivity contribution is -0.148. The van der Waals surface area contributed by atoms with Crippen molar-refractivity contribution in [1.82, 2.24) is 14.8 Å². The van der Waals surface area contributed by atoms with Gasteiger partial charge in [0.05, 0.1) is 6.04 Å². The van der Waals surface area contributed by atoms with Gasteiger partial charge in [-0.2, -0.15) is 5.26 Å². The third-order valence-electron chi connectivity index (χ3n) is 3.38. The third kappa shape index (κ3) is 2.66. The molecule has 1 aromatic heterocycles. The van der Waals surface area contributed by atoms with Crippen LogP contribution in [0.3, 0.4) is 0 Å². The van der Waals surface area contributed by atoms with Crippen LogP contribution in [-0.4, -0.2) is 34.4 Å². The molecular weight excluding hydrogens is 244 g/mol. The second-order valence-corrected chi connectivity index (χ2v) is 4.72. The maximum atomic E-state index is 11.9. The van der Waals surface area contributed by atoms with Crippen molar-refractivity contribution >= 4 is 11.8 Å². The van der Waals surface area contributed by atoms with E-state index in [1.165, 1.54) is 11.9 Å². The molecule has 1 saturated heterocycles. The van der Waals surface area contributed by atoms with Crippen LogP contribution in [0.4, 0.5) is 0 Å². The molecule has 100 valence electrons. The highest BCUT2D eigenvalue weighted by molar-refractivity contribution is 6.00. The number of likely N-dealkylation sites (tertiary alicyclic amines) is 1. The van der Waals surface area contributed by atoms with E-state index in [9.17, 15) is 9.59 Å². The zero-order valence-electron chi connectivity index (χ0n) is 11.0. The number of aromatic nitrogens is 1. The van der Waals surface area contributed by atoms with Crippen LogP contribution in [0.1, 0.15) is 24.1 Å². The first kappa shape index (κ1) is 13.3. The Balaban J connectivity index is 1.97. The molecule has 6 nitrogen and oxygen atoms in total. The summed E-state index contributed by atoms with van der Waals surface area (Å²) in [4.78, 5) is 24.4. The Hall–Kier alpha value is -2.13. The van der Waals surface area contributed by atoms with E-state index >= 15 is 0 Å². The van der Waals surface area contributed by atoms with Gasteiger partial charge in [-0.1, -0.05) is 0 Å². The molecule has 1 aliphatic heterocycles. The number of aryl methyl sites for hydroxylation is 1. The van der Waals surface area contributed by atoms with Crippen molar-refractivity contribution in [3.05, 3.63) is 23.5 Å². The smallest absolute Gasteiger partial charge is 0.246 e. The van der Waals surface area contributed by atoms with Gasteiger partial charge < -0.3 is 9.88 Å². The molecule has 0 radical (unpaired) electrons. The van der Waals surface area contributed by atoms with Gasteiger partial charge in [0.1, 0.15) is 11.8 Å². The molecule has 0 bridgehead atoms. The molecule has 0 aromatic carbocycles. The number of hydrogen-bond acceptors (Lipinski definition) is 4. The Kier molecular flexibility index (Phi) is 3.67. The second kappa shape index (κ2) is 5.24. The predicted molar refractivity (Wildman–Crippen MR) is 67.8 cm³/mol. The quantitative estimate of drug-likeness (QED) is 0.784. The molecule has 1 aromatic rings. The van der Waals surface area contributed by atoms with Crippen LogP contribution in [0.5, 0.6) is 0 Å². The summed E-state index contributed by atoms with van der Waals surface area (Å²) in [5, 5.41) is 12.0. The van der Waals surface area contributed by atoms with Gasteiger partial charge >= 0.3 is 0 Å². The van der Waals surface area contributed by atoms with Gasteiger partial charge in [-0.05, 0) is 18.1 Å². The Bertz CT molecular complexity index is 555. The minimum Gasteiger partial charge on any atom is -0.342 e.